The number of ether oxygens (including phenoxy) is 1. The number of hydrogen-bond donors (Lipinski definition) is 0. The van der Waals surface area contributed by atoms with Gasteiger partial charge in [0.15, 0.2) is 9.84 Å². The Morgan fingerprint density at radius 1 is 1.17 bits per heavy atom. The Hall–Kier alpha value is -1.31. The molecule has 3 rings (SSSR count). The highest BCUT2D eigenvalue weighted by molar-refractivity contribution is 7.90. The Balaban J connectivity index is 2.02. The van der Waals surface area contributed by atoms with E-state index in [1.807, 2.05) is 0 Å². The molecular weight excluding hydrogens is 336 g/mol. The molecule has 3 nitrogen and oxygen atoms in total. The molecular formula is C15H16F4O3S. The van der Waals surface area contributed by atoms with Gasteiger partial charge in [0.05, 0.1) is 4.90 Å². The third kappa shape index (κ3) is 2.81. The molecule has 0 amide bonds. The second kappa shape index (κ2) is 4.84. The third-order valence-corrected chi connectivity index (χ3v) is 5.65. The first-order valence-electron chi connectivity index (χ1n) is 7.19. The van der Waals surface area contributed by atoms with Gasteiger partial charge in [0.25, 0.3) is 11.8 Å². The third-order valence-electron chi connectivity index (χ3n) is 4.50. The first kappa shape index (κ1) is 16.5. The minimum absolute atomic E-state index is 0.0427. The van der Waals surface area contributed by atoms with Crippen molar-refractivity contribution in [2.45, 2.75) is 54.9 Å². The molecule has 1 saturated carbocycles. The van der Waals surface area contributed by atoms with Crippen LogP contribution in [0.4, 0.5) is 17.6 Å². The predicted molar refractivity (Wildman–Crippen MR) is 75.2 cm³/mol. The summed E-state index contributed by atoms with van der Waals surface area (Å²) in [7, 11) is -3.68. The van der Waals surface area contributed by atoms with Gasteiger partial charge < -0.3 is 4.74 Å². The smallest absolute Gasteiger partial charge is 0.258 e. The Bertz CT molecular complexity index is 750. The Morgan fingerprint density at radius 2 is 1.78 bits per heavy atom. The second-order valence-electron chi connectivity index (χ2n) is 6.39. The van der Waals surface area contributed by atoms with Crippen molar-refractivity contribution in [3.63, 3.8) is 0 Å². The van der Waals surface area contributed by atoms with Crippen LogP contribution in [0.1, 0.15) is 36.8 Å². The molecule has 0 saturated heterocycles. The minimum atomic E-state index is -3.68. The number of fused-ring (bicyclic) bond motifs is 1. The Morgan fingerprint density at radius 3 is 2.30 bits per heavy atom. The molecule has 0 radical (unpaired) electrons. The molecule has 23 heavy (non-hydrogen) atoms. The van der Waals surface area contributed by atoms with Crippen LogP contribution in [0.25, 0.3) is 0 Å². The SMILES string of the molecule is C[C@H]1c2c(S(C)(=O)=O)ccc(OC3CC(F)(F)C3)c2CC1(F)F. The number of halogens is 4. The lowest BCUT2D eigenvalue weighted by atomic mass is 9.91. The van der Waals surface area contributed by atoms with E-state index >= 15 is 0 Å². The first-order chi connectivity index (χ1) is 10.4. The van der Waals surface area contributed by atoms with E-state index in [1.165, 1.54) is 19.1 Å². The van der Waals surface area contributed by atoms with E-state index in [4.69, 9.17) is 4.74 Å². The molecule has 0 aromatic heterocycles. The average Bonchev–Trinajstić information content (AvgIpc) is 2.58. The van der Waals surface area contributed by atoms with Crippen molar-refractivity contribution in [3.8, 4) is 5.75 Å². The summed E-state index contributed by atoms with van der Waals surface area (Å²) in [6.45, 7) is 1.27. The highest BCUT2D eigenvalue weighted by atomic mass is 32.2. The fourth-order valence-electron chi connectivity index (χ4n) is 3.18. The van der Waals surface area contributed by atoms with Crippen LogP contribution >= 0.6 is 0 Å². The summed E-state index contributed by atoms with van der Waals surface area (Å²) in [5.41, 5.74) is 0.154. The van der Waals surface area contributed by atoms with Crippen LogP contribution in [0, 0.1) is 0 Å². The summed E-state index contributed by atoms with van der Waals surface area (Å²) in [6, 6.07) is 2.51. The van der Waals surface area contributed by atoms with Crippen molar-refractivity contribution in [3.05, 3.63) is 23.3 Å². The van der Waals surface area contributed by atoms with Crippen molar-refractivity contribution < 1.29 is 30.7 Å². The highest BCUT2D eigenvalue weighted by Gasteiger charge is 2.50. The van der Waals surface area contributed by atoms with Gasteiger partial charge in [-0.25, -0.2) is 26.0 Å². The maximum atomic E-state index is 14.1. The first-order valence-corrected chi connectivity index (χ1v) is 9.08. The van der Waals surface area contributed by atoms with Crippen LogP contribution in [0.5, 0.6) is 5.75 Å². The van der Waals surface area contributed by atoms with E-state index in [9.17, 15) is 26.0 Å². The molecule has 0 spiro atoms. The van der Waals surface area contributed by atoms with Gasteiger partial charge >= 0.3 is 0 Å². The molecule has 1 atom stereocenters. The maximum Gasteiger partial charge on any atom is 0.258 e. The van der Waals surface area contributed by atoms with Gasteiger partial charge in [0.1, 0.15) is 11.9 Å². The summed E-state index contributed by atoms with van der Waals surface area (Å²) in [4.78, 5) is -0.150. The number of hydrogen-bond acceptors (Lipinski definition) is 3. The average molecular weight is 352 g/mol. The van der Waals surface area contributed by atoms with Crippen molar-refractivity contribution in [1.82, 2.24) is 0 Å². The second-order valence-corrected chi connectivity index (χ2v) is 8.37. The van der Waals surface area contributed by atoms with Crippen LogP contribution in [-0.4, -0.2) is 32.6 Å². The molecule has 2 aliphatic carbocycles. The number of alkyl halides is 4. The van der Waals surface area contributed by atoms with E-state index < -0.39 is 53.0 Å². The zero-order valence-electron chi connectivity index (χ0n) is 12.6. The summed E-state index contributed by atoms with van der Waals surface area (Å²) in [5.74, 6) is -7.06. The normalized spacial score (nSPS) is 25.7. The van der Waals surface area contributed by atoms with E-state index in [-0.39, 0.29) is 21.8 Å². The summed E-state index contributed by atoms with van der Waals surface area (Å²) >= 11 is 0. The van der Waals surface area contributed by atoms with Gasteiger partial charge in [-0.05, 0) is 17.7 Å². The van der Waals surface area contributed by atoms with Gasteiger partial charge in [0, 0.05) is 37.0 Å². The monoisotopic (exact) mass is 352 g/mol. The highest BCUT2D eigenvalue weighted by Crippen LogP contribution is 2.51. The lowest BCUT2D eigenvalue weighted by molar-refractivity contribution is -0.134. The van der Waals surface area contributed by atoms with Gasteiger partial charge in [-0.1, -0.05) is 6.92 Å². The molecule has 1 aromatic rings. The molecule has 128 valence electrons. The molecule has 0 aliphatic heterocycles. The van der Waals surface area contributed by atoms with Crippen LogP contribution in [0.15, 0.2) is 17.0 Å². The lowest BCUT2D eigenvalue weighted by Gasteiger charge is -2.35. The fraction of sp³-hybridized carbons (Fsp3) is 0.600. The zero-order valence-corrected chi connectivity index (χ0v) is 13.4. The Labute approximate surface area is 131 Å². The molecule has 2 aliphatic rings. The maximum absolute atomic E-state index is 14.1. The van der Waals surface area contributed by atoms with Gasteiger partial charge in [-0.3, -0.25) is 0 Å². The molecule has 0 heterocycles. The van der Waals surface area contributed by atoms with E-state index in [0.29, 0.717) is 0 Å². The topological polar surface area (TPSA) is 43.4 Å². The summed E-state index contributed by atoms with van der Waals surface area (Å²) in [5, 5.41) is 0. The Kier molecular flexibility index (Phi) is 3.48. The standard InChI is InChI=1S/C15H16F4O3S/c1-8-13-10(7-15(8,18)19)11(3-4-12(13)23(2,20)21)22-9-5-14(16,17)6-9/h3-4,8-9H,5-7H2,1-2H3/t8-/m0/s1. The van der Waals surface area contributed by atoms with Crippen molar-refractivity contribution in [2.24, 2.45) is 0 Å². The quantitative estimate of drug-likeness (QED) is 0.781. The predicted octanol–water partition coefficient (Wildman–Crippen LogP) is 3.56. The van der Waals surface area contributed by atoms with Crippen LogP contribution in [-0.2, 0) is 16.3 Å². The van der Waals surface area contributed by atoms with Crippen molar-refractivity contribution in [2.75, 3.05) is 6.26 Å². The van der Waals surface area contributed by atoms with Gasteiger partial charge in [0.2, 0.25) is 0 Å². The van der Waals surface area contributed by atoms with Gasteiger partial charge in [-0.15, -0.1) is 0 Å². The molecule has 1 fully saturated rings. The summed E-state index contributed by atoms with van der Waals surface area (Å²) in [6.07, 6.45) is -1.34. The molecule has 0 unspecified atom stereocenters. The van der Waals surface area contributed by atoms with E-state index in [0.717, 1.165) is 6.26 Å². The van der Waals surface area contributed by atoms with Crippen LogP contribution < -0.4 is 4.74 Å². The van der Waals surface area contributed by atoms with Crippen molar-refractivity contribution in [1.29, 1.82) is 0 Å². The number of rotatable bonds is 3. The zero-order chi connectivity index (χ0) is 17.2. The number of sulfone groups is 1. The minimum Gasteiger partial charge on any atom is -0.490 e. The lowest BCUT2D eigenvalue weighted by Crippen LogP contribution is -2.43. The van der Waals surface area contributed by atoms with Crippen molar-refractivity contribution >= 4 is 9.84 Å². The molecule has 0 bridgehead atoms. The van der Waals surface area contributed by atoms with Crippen LogP contribution in [0.3, 0.4) is 0 Å². The van der Waals surface area contributed by atoms with E-state index in [2.05, 4.69) is 0 Å². The fourth-order valence-corrected chi connectivity index (χ4v) is 4.20. The van der Waals surface area contributed by atoms with Crippen LogP contribution in [0.2, 0.25) is 0 Å². The largest absolute Gasteiger partial charge is 0.490 e. The van der Waals surface area contributed by atoms with Gasteiger partial charge in [-0.2, -0.15) is 0 Å². The summed E-state index contributed by atoms with van der Waals surface area (Å²) < 4.78 is 83.0. The van der Waals surface area contributed by atoms with E-state index in [1.54, 1.807) is 0 Å². The molecule has 8 heteroatoms. The molecule has 1 aromatic carbocycles. The number of benzene rings is 1. The molecule has 0 N–H and O–H groups in total.